The van der Waals surface area contributed by atoms with E-state index in [9.17, 15) is 197 Å². The molecule has 790 valence electrons. The summed E-state index contributed by atoms with van der Waals surface area (Å²) in [6.45, 7) is -13.5. The van der Waals surface area contributed by atoms with E-state index in [1.165, 1.54) is 0 Å². The second-order valence-corrected chi connectivity index (χ2v) is 34.9. The maximum atomic E-state index is 13.8. The van der Waals surface area contributed by atoms with E-state index < -0.39 is 442 Å². The van der Waals surface area contributed by atoms with E-state index >= 15 is 0 Å². The molecule has 0 spiro atoms. The van der Waals surface area contributed by atoms with Crippen molar-refractivity contribution in [2.24, 2.45) is 5.73 Å². The normalized spacial score (nSPS) is 47.3. The van der Waals surface area contributed by atoms with E-state index in [2.05, 4.69) is 10.6 Å². The Hall–Kier alpha value is -4.05. The highest BCUT2D eigenvalue weighted by molar-refractivity contribution is 7.47. The summed E-state index contributed by atoms with van der Waals surface area (Å²) in [6, 6.07) is -4.15. The number of phosphoric ester groups is 1. The molecule has 0 aliphatic carbocycles. The second kappa shape index (κ2) is 48.8. The molecule has 63 nitrogen and oxygen atoms in total. The minimum atomic E-state index is -5.70. The fraction of sp³-hybridized carbons (Fsp3) is 0.944. The summed E-state index contributed by atoms with van der Waals surface area (Å²) in [5, 5.41) is 376. The first-order valence-electron chi connectivity index (χ1n) is 42.4. The van der Waals surface area contributed by atoms with Crippen molar-refractivity contribution >= 4 is 31.6 Å². The van der Waals surface area contributed by atoms with Crippen LogP contribution in [0.3, 0.4) is 0 Å². The van der Waals surface area contributed by atoms with Crippen molar-refractivity contribution in [1.29, 1.82) is 0 Å². The highest BCUT2D eigenvalue weighted by atomic mass is 31.2. The van der Waals surface area contributed by atoms with Crippen LogP contribution in [0.4, 0.5) is 0 Å². The molecule has 10 heterocycles. The van der Waals surface area contributed by atoms with Crippen LogP contribution < -0.4 is 16.4 Å². The monoisotopic (exact) mass is 2020 g/mol. The number of carboxylic acids is 2. The Labute approximate surface area is 766 Å². The van der Waals surface area contributed by atoms with Gasteiger partial charge in [0.05, 0.1) is 84.9 Å². The average molecular weight is 2020 g/mol. The number of aliphatic carboxylic acids is 2. The number of rotatable bonds is 41. The van der Waals surface area contributed by atoms with E-state index in [1.807, 2.05) is 0 Å². The molecule has 10 saturated heterocycles. The van der Waals surface area contributed by atoms with Gasteiger partial charge in [-0.15, -0.1) is 0 Å². The summed E-state index contributed by atoms with van der Waals surface area (Å²) in [4.78, 5) is 63.8. The maximum Gasteiger partial charge on any atom is 0.472 e. The van der Waals surface area contributed by atoms with Crippen LogP contribution in [0.15, 0.2) is 0 Å². The van der Waals surface area contributed by atoms with Gasteiger partial charge in [0.15, 0.2) is 50.3 Å². The van der Waals surface area contributed by atoms with Gasteiger partial charge in [-0.05, 0) is 0 Å². The number of amides is 2. The summed E-state index contributed by atoms with van der Waals surface area (Å²) in [7, 11) is -5.70. The van der Waals surface area contributed by atoms with Crippen LogP contribution in [0.25, 0.3) is 0 Å². The molecule has 53 atom stereocenters. The first kappa shape index (κ1) is 114. The van der Waals surface area contributed by atoms with E-state index in [4.69, 9.17) is 105 Å². The Bertz CT molecular complexity index is 3800. The van der Waals surface area contributed by atoms with Crippen LogP contribution in [-0.2, 0) is 123 Å². The number of aliphatic hydroxyl groups is 31. The van der Waals surface area contributed by atoms with Gasteiger partial charge in [0.1, 0.15) is 244 Å². The van der Waals surface area contributed by atoms with Crippen molar-refractivity contribution in [3.05, 3.63) is 0 Å². The molecule has 10 fully saturated rings. The number of carbonyl (C=O) groups excluding carboxylic acids is 2. The minimum Gasteiger partial charge on any atom is -0.477 e. The van der Waals surface area contributed by atoms with Gasteiger partial charge in [0.25, 0.3) is 11.6 Å². The number of carbonyl (C=O) groups is 4. The lowest BCUT2D eigenvalue weighted by atomic mass is 9.89. The molecule has 0 aromatic heterocycles. The summed E-state index contributed by atoms with van der Waals surface area (Å²) < 4.78 is 137. The Morgan fingerprint density at radius 1 is 0.375 bits per heavy atom. The molecule has 2 amide bonds. The molecule has 64 heteroatoms. The fourth-order valence-corrected chi connectivity index (χ4v) is 18.0. The molecule has 1 unspecified atom stereocenters. The predicted octanol–water partition coefficient (Wildman–Crippen LogP) is -24.0. The number of phosphoric acid groups is 1. The molecule has 10 aliphatic rings. The Morgan fingerprint density at radius 2 is 0.757 bits per heavy atom. The summed E-state index contributed by atoms with van der Waals surface area (Å²) >= 11 is 0. The number of aliphatic hydroxyl groups excluding tert-OH is 30. The first-order chi connectivity index (χ1) is 64.1. The van der Waals surface area contributed by atoms with E-state index in [0.717, 1.165) is 13.8 Å². The maximum absolute atomic E-state index is 13.8. The largest absolute Gasteiger partial charge is 0.477 e. The standard InChI is InChI=1S/C72H122N3O60P/c1-17(86)74-31-38(97)34(93)24(10-79)116-61(31)131-60-57(128-64-44(103)41(100)36(95)26(12-81)118-64)46(105)54(30(16-85)135-136(113,114)115-4-3-73)125-68(60)129-58-48(107)67(126-55-23(6-71(112,69(108)109)133-51(55)22(91)9-78)132-72(70(110)111)5-19(88)33(92)49(134-72)20(89)7-76)122-50(21(90)8-77)59(58)130-65-45(104)42(101)53(29(15-84)121-65)124-66-47(106)56(37(96)27(13-82)119-66)127-62-32(75-18(2)87)39(98)52(28(14-83)120-62)123-63-43(102)40(99)35(94)25(11-80)117-63/h19-68,76-85,88-107,112H,3-16,73H2,1-2H3,(H,74,86)(H,75,87)(H,108,109)(H,110,111)(H,113,114)/t19-,20-,21+,22-,23-,24-,25-,26-,27-,28-,29-,30+,31-,32-,33-,34-,35+,36-,37+,38-,39-,40+,41+,42-,43-,44-,45-,46-,47-,48+,49-,50-,51-,52-,53-,54-,55-,56+,57+,58-,59-,60+,61-,62+,63+,64-,65+,66+,67-,68-,71-,72-/m1/s1. The zero-order chi connectivity index (χ0) is 101. The quantitative estimate of drug-likeness (QED) is 0.0253. The van der Waals surface area contributed by atoms with Gasteiger partial charge in [-0.3, -0.25) is 18.6 Å². The van der Waals surface area contributed by atoms with Gasteiger partial charge in [0.2, 0.25) is 11.8 Å². The fourth-order valence-electron chi connectivity index (χ4n) is 17.0. The van der Waals surface area contributed by atoms with Gasteiger partial charge >= 0.3 is 19.8 Å². The third-order valence-corrected chi connectivity index (χ3v) is 25.2. The van der Waals surface area contributed by atoms with E-state index in [0.29, 0.717) is 0 Å². The summed E-state index contributed by atoms with van der Waals surface area (Å²) in [6.07, 6.45) is -122. The van der Waals surface area contributed by atoms with Crippen LogP contribution in [0.2, 0.25) is 0 Å². The number of carboxylic acid groups (broad SMARTS) is 2. The Morgan fingerprint density at radius 3 is 1.24 bits per heavy atom. The Kier molecular flexibility index (Phi) is 40.8. The number of nitrogens with one attached hydrogen (secondary N) is 2. The molecule has 10 aliphatic heterocycles. The van der Waals surface area contributed by atoms with Crippen LogP contribution in [0.1, 0.15) is 26.7 Å². The van der Waals surface area contributed by atoms with Gasteiger partial charge in [-0.2, -0.15) is 0 Å². The van der Waals surface area contributed by atoms with Crippen LogP contribution >= 0.6 is 7.82 Å². The SMILES string of the molecule is CC(=O)N[C@H]1[C@H](O[C@H]2[C@@H](O)[C@@H](CO)O[C@@H](O[C@H]3[C@H](O)[C@@H](O)[C@H](O[C@H]4[C@H](O[C@H]5O[C@H]([C@H](CO)OP(=O)(O)OCCN)[C@@H](O)[C@H](O[C@H]6O[C@H](CO)[C@@H](O)[C@H](O)[C@H]6O)[C@@H]5O[C@H]5O[C@H](CO)[C@@H](O)[C@H](O)[C@H]5NC(C)=O)[C@H](O)[C@@H](O[C@H]5[C@@H]([C@H](O)CO)O[C@@](O)(C(=O)O)C[C@H]5O[C@]5(C(=O)O)C[C@@H](O)[C@@H](O)[C@@H]([C@H](O)CO)O5)O[C@@H]4[C@@H](O)CO)O[C@@H]3CO)[C@@H]2O)O[C@H](CO)[C@@H](O[C@@H]2O[C@H](CO)[C@H](O)[C@H](O)[C@H]2O)[C@@H]1O. The van der Waals surface area contributed by atoms with Crippen molar-refractivity contribution in [3.8, 4) is 0 Å². The van der Waals surface area contributed by atoms with Crippen molar-refractivity contribution < 1.29 is 296 Å². The highest BCUT2D eigenvalue weighted by Gasteiger charge is 2.67. The molecule has 136 heavy (non-hydrogen) atoms. The number of hydrogen-bond donors (Lipinski definition) is 37. The topological polar surface area (TPSA) is 1020 Å². The smallest absolute Gasteiger partial charge is 0.472 e. The lowest BCUT2D eigenvalue weighted by Crippen LogP contribution is -2.72. The van der Waals surface area contributed by atoms with Crippen molar-refractivity contribution in [1.82, 2.24) is 10.6 Å². The van der Waals surface area contributed by atoms with Gasteiger partial charge in [0, 0.05) is 33.2 Å². The van der Waals surface area contributed by atoms with Crippen LogP contribution in [0, 0.1) is 0 Å². The van der Waals surface area contributed by atoms with Gasteiger partial charge in [-0.1, -0.05) is 0 Å². The molecule has 10 rings (SSSR count). The molecular formula is C72H122N3O60P. The number of hydrogen-bond acceptors (Lipinski definition) is 58. The zero-order valence-corrected chi connectivity index (χ0v) is 72.5. The molecule has 0 aromatic rings. The molecular weight excluding hydrogens is 1900 g/mol. The zero-order valence-electron chi connectivity index (χ0n) is 71.6. The van der Waals surface area contributed by atoms with Crippen LogP contribution in [-0.4, -0.2) is 595 Å². The molecule has 0 radical (unpaired) electrons. The molecule has 0 aromatic carbocycles. The second-order valence-electron chi connectivity index (χ2n) is 33.5. The summed E-state index contributed by atoms with van der Waals surface area (Å²) in [5.74, 6) is -14.3. The molecule has 0 saturated carbocycles. The predicted molar refractivity (Wildman–Crippen MR) is 411 cm³/mol. The van der Waals surface area contributed by atoms with E-state index in [-0.39, 0.29) is 0 Å². The average Bonchev–Trinajstić information content (AvgIpc) is 0.743. The third kappa shape index (κ3) is 24.8. The first-order valence-corrected chi connectivity index (χ1v) is 43.9. The summed E-state index contributed by atoms with van der Waals surface area (Å²) in [5.41, 5.74) is 5.52. The number of nitrogens with two attached hydrogens (primary N) is 1. The van der Waals surface area contributed by atoms with Crippen molar-refractivity contribution in [2.45, 2.75) is 345 Å². The lowest BCUT2D eigenvalue weighted by molar-refractivity contribution is -0.425. The Balaban J connectivity index is 1.10. The minimum absolute atomic E-state index is 0.542. The van der Waals surface area contributed by atoms with Crippen molar-refractivity contribution in [2.75, 3.05) is 79.2 Å². The third-order valence-electron chi connectivity index (χ3n) is 24.2. The molecule has 0 bridgehead atoms. The lowest BCUT2D eigenvalue weighted by Gasteiger charge is -2.54. The number of ether oxygens (including phenoxy) is 19. The van der Waals surface area contributed by atoms with E-state index in [1.54, 1.807) is 0 Å². The van der Waals surface area contributed by atoms with Gasteiger partial charge < -0.3 is 280 Å². The highest BCUT2D eigenvalue weighted by Crippen LogP contribution is 2.49. The van der Waals surface area contributed by atoms with Crippen molar-refractivity contribution in [3.63, 3.8) is 0 Å². The van der Waals surface area contributed by atoms with Gasteiger partial charge in [-0.25, -0.2) is 14.2 Å². The molecule has 38 N–H and O–H groups in total. The van der Waals surface area contributed by atoms with Crippen LogP contribution in [0.5, 0.6) is 0 Å².